The number of halogens is 3. The zero-order chi connectivity index (χ0) is 19.0. The zero-order valence-electron chi connectivity index (χ0n) is 15.0. The van der Waals surface area contributed by atoms with Crippen molar-refractivity contribution in [3.8, 4) is 0 Å². The Morgan fingerprint density at radius 2 is 1.96 bits per heavy atom. The topological polar surface area (TPSA) is 51.0 Å². The fourth-order valence-electron chi connectivity index (χ4n) is 5.38. The van der Waals surface area contributed by atoms with Gasteiger partial charge >= 0.3 is 6.18 Å². The summed E-state index contributed by atoms with van der Waals surface area (Å²) in [4.78, 5) is 13.3. The highest BCUT2D eigenvalue weighted by Gasteiger charge is 2.61. The van der Waals surface area contributed by atoms with Crippen molar-refractivity contribution >= 4 is 27.3 Å². The molecule has 2 atom stereocenters. The van der Waals surface area contributed by atoms with Crippen molar-refractivity contribution in [1.82, 2.24) is 10.6 Å². The quantitative estimate of drug-likeness (QED) is 0.738. The van der Waals surface area contributed by atoms with E-state index < -0.39 is 11.7 Å². The first-order valence-corrected chi connectivity index (χ1v) is 10.3. The second-order valence-electron chi connectivity index (χ2n) is 8.24. The van der Waals surface area contributed by atoms with Crippen LogP contribution >= 0.6 is 11.3 Å². The van der Waals surface area contributed by atoms with Crippen LogP contribution in [-0.4, -0.2) is 24.0 Å². The van der Waals surface area contributed by atoms with Gasteiger partial charge in [0.05, 0.1) is 22.0 Å². The van der Waals surface area contributed by atoms with Crippen LogP contribution in [0.25, 0.3) is 10.1 Å². The molecule has 3 saturated carbocycles. The minimum atomic E-state index is -4.42. The third-order valence-corrected chi connectivity index (χ3v) is 7.97. The summed E-state index contributed by atoms with van der Waals surface area (Å²) in [5.74, 6) is 0.832. The number of amides is 1. The van der Waals surface area contributed by atoms with Gasteiger partial charge in [-0.3, -0.25) is 4.79 Å². The second-order valence-corrected chi connectivity index (χ2v) is 9.29. The van der Waals surface area contributed by atoms with Crippen LogP contribution in [0.3, 0.4) is 0 Å². The Bertz CT molecular complexity index is 923. The van der Waals surface area contributed by atoms with Crippen molar-refractivity contribution in [2.45, 2.75) is 50.4 Å². The summed E-state index contributed by atoms with van der Waals surface area (Å²) in [7, 11) is 0. The molecule has 144 valence electrons. The van der Waals surface area contributed by atoms with Crippen LogP contribution in [0.1, 0.15) is 46.5 Å². The van der Waals surface area contributed by atoms with E-state index in [0.29, 0.717) is 22.1 Å². The molecule has 1 amide bonds. The largest absolute Gasteiger partial charge is 0.418 e. The average Bonchev–Trinajstić information content (AvgIpc) is 3.27. The Balaban J connectivity index is 1.47. The first kappa shape index (κ1) is 17.5. The maximum Gasteiger partial charge on any atom is 0.418 e. The van der Waals surface area contributed by atoms with Gasteiger partial charge < -0.3 is 10.6 Å². The van der Waals surface area contributed by atoms with Crippen molar-refractivity contribution in [1.29, 1.82) is 0 Å². The van der Waals surface area contributed by atoms with Crippen LogP contribution in [0, 0.1) is 18.8 Å². The number of hydrogen-bond acceptors (Lipinski definition) is 3. The van der Waals surface area contributed by atoms with Gasteiger partial charge in [-0.1, -0.05) is 12.1 Å². The fourth-order valence-corrected chi connectivity index (χ4v) is 6.56. The number of carbonyl (C=O) groups excluding carboxylic acids is 1. The number of rotatable bonds is 2. The average molecular weight is 394 g/mol. The lowest BCUT2D eigenvalue weighted by atomic mass is 9.61. The smallest absolute Gasteiger partial charge is 0.346 e. The first-order valence-electron chi connectivity index (χ1n) is 9.46. The minimum Gasteiger partial charge on any atom is -0.346 e. The van der Waals surface area contributed by atoms with Crippen molar-refractivity contribution in [3.05, 3.63) is 34.2 Å². The molecular weight excluding hydrogens is 373 g/mol. The molecule has 1 saturated heterocycles. The van der Waals surface area contributed by atoms with E-state index in [0.717, 1.165) is 30.7 Å². The highest BCUT2D eigenvalue weighted by Crippen LogP contribution is 2.52. The molecule has 1 spiro atoms. The Morgan fingerprint density at radius 1 is 1.26 bits per heavy atom. The number of hydrogen-bond donors (Lipinski definition) is 2. The number of nitrogens with one attached hydrogen (secondary N) is 2. The summed E-state index contributed by atoms with van der Waals surface area (Å²) in [6.45, 7) is 2.39. The van der Waals surface area contributed by atoms with Gasteiger partial charge in [0.15, 0.2) is 0 Å². The van der Waals surface area contributed by atoms with Crippen LogP contribution in [0.4, 0.5) is 13.2 Å². The predicted molar refractivity (Wildman–Crippen MR) is 99.0 cm³/mol. The molecule has 1 aromatic heterocycles. The Morgan fingerprint density at radius 3 is 2.59 bits per heavy atom. The fraction of sp³-hybridized carbons (Fsp3) is 0.550. The Kier molecular flexibility index (Phi) is 3.70. The van der Waals surface area contributed by atoms with Gasteiger partial charge in [-0.25, -0.2) is 0 Å². The van der Waals surface area contributed by atoms with Gasteiger partial charge in [0, 0.05) is 11.2 Å². The normalized spacial score (nSPS) is 32.2. The number of benzene rings is 1. The van der Waals surface area contributed by atoms with E-state index in [1.807, 2.05) is 0 Å². The third kappa shape index (κ3) is 2.62. The molecule has 2 bridgehead atoms. The monoisotopic (exact) mass is 394 g/mol. The summed E-state index contributed by atoms with van der Waals surface area (Å²) in [6.07, 6.45) is 0.251. The summed E-state index contributed by atoms with van der Waals surface area (Å²) < 4.78 is 40.6. The Hall–Kier alpha value is -1.60. The van der Waals surface area contributed by atoms with Gasteiger partial charge in [0.25, 0.3) is 5.91 Å². The SMILES string of the molecule is Cc1ccc2cc(C(=O)NC3C4CCC(CC4)[C@@]34CN4)sc2c1C(F)(F)F. The van der Waals surface area contributed by atoms with E-state index >= 15 is 0 Å². The van der Waals surface area contributed by atoms with E-state index in [9.17, 15) is 18.0 Å². The highest BCUT2D eigenvalue weighted by molar-refractivity contribution is 7.21. The number of carbonyl (C=O) groups is 1. The Labute approximate surface area is 159 Å². The molecule has 2 aromatic rings. The summed E-state index contributed by atoms with van der Waals surface area (Å²) in [6, 6.07) is 4.83. The van der Waals surface area contributed by atoms with Gasteiger partial charge in [0.1, 0.15) is 0 Å². The van der Waals surface area contributed by atoms with E-state index in [1.54, 1.807) is 12.1 Å². The van der Waals surface area contributed by atoms with Crippen LogP contribution in [-0.2, 0) is 6.18 Å². The lowest BCUT2D eigenvalue weighted by Gasteiger charge is -2.48. The lowest BCUT2D eigenvalue weighted by molar-refractivity contribution is -0.136. The van der Waals surface area contributed by atoms with Gasteiger partial charge in [0.2, 0.25) is 0 Å². The number of fused-ring (bicyclic) bond motifs is 3. The lowest BCUT2D eigenvalue weighted by Crippen LogP contribution is -2.60. The van der Waals surface area contributed by atoms with Gasteiger partial charge in [-0.05, 0) is 61.5 Å². The van der Waals surface area contributed by atoms with Crippen LogP contribution in [0.5, 0.6) is 0 Å². The van der Waals surface area contributed by atoms with Gasteiger partial charge in [-0.2, -0.15) is 13.2 Å². The molecule has 27 heavy (non-hydrogen) atoms. The van der Waals surface area contributed by atoms with Gasteiger partial charge in [-0.15, -0.1) is 11.3 Å². The molecule has 1 aromatic carbocycles. The molecule has 2 N–H and O–H groups in total. The molecule has 2 heterocycles. The molecule has 1 unspecified atom stereocenters. The van der Waals surface area contributed by atoms with Crippen molar-refractivity contribution in [2.75, 3.05) is 6.54 Å². The predicted octanol–water partition coefficient (Wildman–Crippen LogP) is 4.49. The summed E-state index contributed by atoms with van der Waals surface area (Å²) in [5, 5.41) is 7.15. The number of aryl methyl sites for hydroxylation is 1. The molecule has 3 nitrogen and oxygen atoms in total. The molecule has 1 aliphatic heterocycles. The highest BCUT2D eigenvalue weighted by atomic mass is 32.1. The van der Waals surface area contributed by atoms with E-state index in [4.69, 9.17) is 0 Å². The maximum absolute atomic E-state index is 13.5. The zero-order valence-corrected chi connectivity index (χ0v) is 15.8. The van der Waals surface area contributed by atoms with Crippen LogP contribution < -0.4 is 10.6 Å². The van der Waals surface area contributed by atoms with Crippen molar-refractivity contribution in [3.63, 3.8) is 0 Å². The first-order chi connectivity index (χ1) is 12.8. The third-order valence-electron chi connectivity index (χ3n) is 6.80. The maximum atomic E-state index is 13.5. The van der Waals surface area contributed by atoms with Crippen molar-refractivity contribution in [2.24, 2.45) is 11.8 Å². The number of alkyl halides is 3. The second kappa shape index (κ2) is 5.70. The molecule has 4 aliphatic rings. The van der Waals surface area contributed by atoms with E-state index in [1.165, 1.54) is 25.8 Å². The van der Waals surface area contributed by atoms with Crippen LogP contribution in [0.2, 0.25) is 0 Å². The minimum absolute atomic E-state index is 0.0290. The van der Waals surface area contributed by atoms with Crippen molar-refractivity contribution < 1.29 is 18.0 Å². The molecule has 6 rings (SSSR count). The molecule has 7 heteroatoms. The molecule has 4 fully saturated rings. The van der Waals surface area contributed by atoms with E-state index in [-0.39, 0.29) is 27.8 Å². The van der Waals surface area contributed by atoms with E-state index in [2.05, 4.69) is 10.6 Å². The molecule has 0 radical (unpaired) electrons. The molecular formula is C20H21F3N2OS. The number of thiophene rings is 1. The van der Waals surface area contributed by atoms with Crippen LogP contribution in [0.15, 0.2) is 18.2 Å². The summed E-state index contributed by atoms with van der Waals surface area (Å²) in [5.41, 5.74) is -0.406. The molecule has 3 aliphatic carbocycles. The summed E-state index contributed by atoms with van der Waals surface area (Å²) >= 11 is 0.950. The standard InChI is InChI=1S/C20H21F3N2OS/c1-10-2-3-12-8-14(27-16(12)15(10)20(21,22)23)18(26)25-17-11-4-6-13(7-5-11)19(17)9-24-19/h2-3,8,11,13,17,24H,4-7,9H2,1H3,(H,25,26)/t11?,13?,17?,19-/m0/s1.